The first-order chi connectivity index (χ1) is 5.45. The van der Waals surface area contributed by atoms with Gasteiger partial charge in [0.25, 0.3) is 0 Å². The maximum atomic E-state index is 10.8. The zero-order valence-corrected chi connectivity index (χ0v) is 8.13. The van der Waals surface area contributed by atoms with Crippen LogP contribution in [0.15, 0.2) is 12.7 Å². The average molecular weight is 170 g/mol. The van der Waals surface area contributed by atoms with Crippen LogP contribution < -0.4 is 0 Å². The van der Waals surface area contributed by atoms with Crippen LogP contribution >= 0.6 is 0 Å². The van der Waals surface area contributed by atoms with Crippen LogP contribution in [0, 0.1) is 11.3 Å². The molecule has 0 aliphatic heterocycles. The summed E-state index contributed by atoms with van der Waals surface area (Å²) in [6.45, 7) is 9.54. The molecule has 0 heterocycles. The van der Waals surface area contributed by atoms with E-state index in [-0.39, 0.29) is 11.3 Å². The molecular formula is C10H18O2. The van der Waals surface area contributed by atoms with Crippen LogP contribution in [0.3, 0.4) is 0 Å². The highest BCUT2D eigenvalue weighted by molar-refractivity contribution is 5.71. The summed E-state index contributed by atoms with van der Waals surface area (Å²) in [4.78, 5) is 10.8. The molecule has 0 fully saturated rings. The Morgan fingerprint density at radius 1 is 1.67 bits per heavy atom. The van der Waals surface area contributed by atoms with Gasteiger partial charge in [0, 0.05) is 0 Å². The first-order valence-electron chi connectivity index (χ1n) is 4.29. The lowest BCUT2D eigenvalue weighted by atomic mass is 9.75. The lowest BCUT2D eigenvalue weighted by molar-refractivity contribution is -0.145. The number of allylic oxidation sites excluding steroid dienone is 1. The minimum atomic E-state index is -0.721. The lowest BCUT2D eigenvalue weighted by Crippen LogP contribution is -2.29. The van der Waals surface area contributed by atoms with Gasteiger partial charge in [0.2, 0.25) is 0 Å². The second-order valence-electron chi connectivity index (χ2n) is 3.76. The summed E-state index contributed by atoms with van der Waals surface area (Å²) in [5, 5.41) is 8.92. The molecule has 2 nitrogen and oxygen atoms in total. The minimum absolute atomic E-state index is 0.139. The van der Waals surface area contributed by atoms with Crippen molar-refractivity contribution in [2.45, 2.75) is 33.6 Å². The Morgan fingerprint density at radius 2 is 2.17 bits per heavy atom. The fraction of sp³-hybridized carbons (Fsp3) is 0.700. The second-order valence-corrected chi connectivity index (χ2v) is 3.76. The van der Waals surface area contributed by atoms with Crippen molar-refractivity contribution in [3.05, 3.63) is 12.7 Å². The van der Waals surface area contributed by atoms with Crippen molar-refractivity contribution >= 4 is 5.97 Å². The molecule has 0 aromatic rings. The third-order valence-electron chi connectivity index (χ3n) is 2.56. The predicted octanol–water partition coefficient (Wildman–Crippen LogP) is 2.70. The molecule has 0 aliphatic rings. The molecule has 0 aliphatic carbocycles. The molecule has 0 spiro atoms. The third kappa shape index (κ3) is 2.68. The molecule has 1 atom stereocenters. The number of carboxylic acid groups (broad SMARTS) is 1. The summed E-state index contributed by atoms with van der Waals surface area (Å²) in [6, 6.07) is 0. The smallest absolute Gasteiger partial charge is 0.307 e. The van der Waals surface area contributed by atoms with Gasteiger partial charge in [-0.25, -0.2) is 0 Å². The van der Waals surface area contributed by atoms with Gasteiger partial charge in [-0.3, -0.25) is 4.79 Å². The molecule has 0 saturated carbocycles. The van der Waals surface area contributed by atoms with Crippen LogP contribution in [0.4, 0.5) is 0 Å². The number of hydrogen-bond acceptors (Lipinski definition) is 1. The van der Waals surface area contributed by atoms with E-state index in [9.17, 15) is 4.79 Å². The summed E-state index contributed by atoms with van der Waals surface area (Å²) in [6.07, 6.45) is 3.10. The quantitative estimate of drug-likeness (QED) is 0.644. The third-order valence-corrected chi connectivity index (χ3v) is 2.56. The summed E-state index contributed by atoms with van der Waals surface area (Å²) in [5.41, 5.74) is -0.139. The maximum absolute atomic E-state index is 10.8. The van der Waals surface area contributed by atoms with Gasteiger partial charge in [-0.2, -0.15) is 0 Å². The topological polar surface area (TPSA) is 37.3 Å². The van der Waals surface area contributed by atoms with E-state index in [1.807, 2.05) is 20.8 Å². The standard InChI is InChI=1S/C10H18O2/c1-5-7-8(9(11)12)10(3,4)6-2/h5,8H,1,6-7H2,2-4H3,(H,11,12). The van der Waals surface area contributed by atoms with Crippen molar-refractivity contribution in [3.63, 3.8) is 0 Å². The van der Waals surface area contributed by atoms with Crippen LogP contribution in [0.2, 0.25) is 0 Å². The van der Waals surface area contributed by atoms with Crippen molar-refractivity contribution in [1.29, 1.82) is 0 Å². The highest BCUT2D eigenvalue weighted by Crippen LogP contribution is 2.33. The highest BCUT2D eigenvalue weighted by atomic mass is 16.4. The fourth-order valence-corrected chi connectivity index (χ4v) is 1.17. The number of carbonyl (C=O) groups is 1. The van der Waals surface area contributed by atoms with Crippen molar-refractivity contribution in [2.75, 3.05) is 0 Å². The number of rotatable bonds is 5. The van der Waals surface area contributed by atoms with Gasteiger partial charge < -0.3 is 5.11 Å². The molecule has 0 rings (SSSR count). The van der Waals surface area contributed by atoms with Crippen LogP contribution in [0.25, 0.3) is 0 Å². The van der Waals surface area contributed by atoms with Gasteiger partial charge in [0.1, 0.15) is 0 Å². The van der Waals surface area contributed by atoms with Crippen molar-refractivity contribution in [3.8, 4) is 0 Å². The number of aliphatic carboxylic acids is 1. The summed E-state index contributed by atoms with van der Waals surface area (Å²) >= 11 is 0. The van der Waals surface area contributed by atoms with E-state index < -0.39 is 5.97 Å². The Bertz CT molecular complexity index is 171. The van der Waals surface area contributed by atoms with E-state index in [4.69, 9.17) is 5.11 Å². The van der Waals surface area contributed by atoms with Gasteiger partial charge in [0.05, 0.1) is 5.92 Å². The largest absolute Gasteiger partial charge is 0.481 e. The van der Waals surface area contributed by atoms with Gasteiger partial charge in [-0.1, -0.05) is 33.3 Å². The molecular weight excluding hydrogens is 152 g/mol. The van der Waals surface area contributed by atoms with E-state index in [0.717, 1.165) is 6.42 Å². The van der Waals surface area contributed by atoms with E-state index in [1.54, 1.807) is 6.08 Å². The molecule has 0 aromatic heterocycles. The molecule has 2 heteroatoms. The molecule has 1 N–H and O–H groups in total. The first kappa shape index (κ1) is 11.2. The molecule has 0 saturated heterocycles. The van der Waals surface area contributed by atoms with Gasteiger partial charge >= 0.3 is 5.97 Å². The van der Waals surface area contributed by atoms with Gasteiger partial charge in [0.15, 0.2) is 0 Å². The van der Waals surface area contributed by atoms with E-state index in [1.165, 1.54) is 0 Å². The van der Waals surface area contributed by atoms with Crippen LogP contribution in [-0.4, -0.2) is 11.1 Å². The molecule has 0 aromatic carbocycles. The normalized spacial score (nSPS) is 13.9. The van der Waals surface area contributed by atoms with Crippen LogP contribution in [0.1, 0.15) is 33.6 Å². The van der Waals surface area contributed by atoms with E-state index in [0.29, 0.717) is 6.42 Å². The number of carboxylic acids is 1. The summed E-state index contributed by atoms with van der Waals surface area (Å²) < 4.78 is 0. The molecule has 0 radical (unpaired) electrons. The maximum Gasteiger partial charge on any atom is 0.307 e. The minimum Gasteiger partial charge on any atom is -0.481 e. The Hall–Kier alpha value is -0.790. The SMILES string of the molecule is C=CCC(C(=O)O)C(C)(C)CC. The predicted molar refractivity (Wildman–Crippen MR) is 50.0 cm³/mol. The molecule has 12 heavy (non-hydrogen) atoms. The molecule has 70 valence electrons. The zero-order chi connectivity index (χ0) is 9.78. The Morgan fingerprint density at radius 3 is 2.42 bits per heavy atom. The zero-order valence-electron chi connectivity index (χ0n) is 8.13. The van der Waals surface area contributed by atoms with Crippen LogP contribution in [0.5, 0.6) is 0 Å². The van der Waals surface area contributed by atoms with Crippen molar-refractivity contribution in [2.24, 2.45) is 11.3 Å². The van der Waals surface area contributed by atoms with Gasteiger partial charge in [-0.05, 0) is 11.8 Å². The average Bonchev–Trinajstić information content (AvgIpc) is 1.99. The van der Waals surface area contributed by atoms with E-state index >= 15 is 0 Å². The van der Waals surface area contributed by atoms with Gasteiger partial charge in [-0.15, -0.1) is 6.58 Å². The fourth-order valence-electron chi connectivity index (χ4n) is 1.17. The Labute approximate surface area is 74.3 Å². The summed E-state index contributed by atoms with van der Waals surface area (Å²) in [7, 11) is 0. The Balaban J connectivity index is 4.48. The monoisotopic (exact) mass is 170 g/mol. The molecule has 0 amide bonds. The summed E-state index contributed by atoms with van der Waals surface area (Å²) in [5.74, 6) is -1.03. The molecule has 1 unspecified atom stereocenters. The Kier molecular flexibility index (Phi) is 4.01. The second kappa shape index (κ2) is 4.29. The van der Waals surface area contributed by atoms with E-state index in [2.05, 4.69) is 6.58 Å². The highest BCUT2D eigenvalue weighted by Gasteiger charge is 2.32. The van der Waals surface area contributed by atoms with Crippen LogP contribution in [-0.2, 0) is 4.79 Å². The van der Waals surface area contributed by atoms with Crippen molar-refractivity contribution < 1.29 is 9.90 Å². The lowest BCUT2D eigenvalue weighted by Gasteiger charge is -2.29. The molecule has 0 bridgehead atoms. The first-order valence-corrected chi connectivity index (χ1v) is 4.29. The number of hydrogen-bond donors (Lipinski definition) is 1. The van der Waals surface area contributed by atoms with Crippen molar-refractivity contribution in [1.82, 2.24) is 0 Å².